The van der Waals surface area contributed by atoms with Crippen molar-refractivity contribution in [2.75, 3.05) is 0 Å². The Bertz CT molecular complexity index is 575. The van der Waals surface area contributed by atoms with Gasteiger partial charge < -0.3 is 4.42 Å². The number of benzene rings is 1. The van der Waals surface area contributed by atoms with Crippen LogP contribution in [0.3, 0.4) is 0 Å². The van der Waals surface area contributed by atoms with Gasteiger partial charge in [-0.1, -0.05) is 44.2 Å². The molecule has 0 radical (unpaired) electrons. The SMILES string of the molecule is NNC(CC1CCCCC1)c1cc2cccc(Br)c2o1. The number of fused-ring (bicyclic) bond motifs is 1. The standard InChI is InChI=1S/C16H21BrN2O/c17-13-8-4-7-12-10-15(20-16(12)13)14(19-18)9-11-5-2-1-3-6-11/h4,7-8,10-11,14,19H,1-3,5-6,9,18H2. The van der Waals surface area contributed by atoms with Crippen LogP contribution in [0.5, 0.6) is 0 Å². The number of rotatable bonds is 4. The van der Waals surface area contributed by atoms with Gasteiger partial charge in [0.05, 0.1) is 10.5 Å². The van der Waals surface area contributed by atoms with Crippen molar-refractivity contribution in [3.8, 4) is 0 Å². The first kappa shape index (κ1) is 14.1. The first-order valence-corrected chi connectivity index (χ1v) is 8.21. The topological polar surface area (TPSA) is 51.2 Å². The second-order valence-corrected chi connectivity index (χ2v) is 6.62. The summed E-state index contributed by atoms with van der Waals surface area (Å²) >= 11 is 3.53. The number of hydrazine groups is 1. The van der Waals surface area contributed by atoms with Crippen LogP contribution in [0.4, 0.5) is 0 Å². The van der Waals surface area contributed by atoms with Gasteiger partial charge in [-0.15, -0.1) is 0 Å². The largest absolute Gasteiger partial charge is 0.458 e. The molecule has 0 amide bonds. The van der Waals surface area contributed by atoms with E-state index in [2.05, 4.69) is 33.5 Å². The zero-order valence-corrected chi connectivity index (χ0v) is 13.2. The van der Waals surface area contributed by atoms with Crippen LogP contribution in [0, 0.1) is 5.92 Å². The van der Waals surface area contributed by atoms with Gasteiger partial charge in [0.2, 0.25) is 0 Å². The zero-order valence-electron chi connectivity index (χ0n) is 11.6. The molecule has 1 fully saturated rings. The molecule has 0 aliphatic heterocycles. The van der Waals surface area contributed by atoms with E-state index in [1.807, 2.05) is 12.1 Å². The molecular weight excluding hydrogens is 316 g/mol. The van der Waals surface area contributed by atoms with E-state index in [-0.39, 0.29) is 6.04 Å². The van der Waals surface area contributed by atoms with Crippen LogP contribution < -0.4 is 11.3 Å². The summed E-state index contributed by atoms with van der Waals surface area (Å²) in [6.07, 6.45) is 7.80. The minimum atomic E-state index is 0.109. The van der Waals surface area contributed by atoms with Crippen LogP contribution in [0.1, 0.15) is 50.3 Å². The average Bonchev–Trinajstić information content (AvgIpc) is 2.91. The van der Waals surface area contributed by atoms with Crippen LogP contribution in [0.15, 0.2) is 33.2 Å². The summed E-state index contributed by atoms with van der Waals surface area (Å²) in [4.78, 5) is 0. The number of nitrogens with two attached hydrogens (primary N) is 1. The Morgan fingerprint density at radius 1 is 1.30 bits per heavy atom. The molecule has 20 heavy (non-hydrogen) atoms. The maximum absolute atomic E-state index is 6.00. The van der Waals surface area contributed by atoms with Gasteiger partial charge in [0, 0.05) is 5.39 Å². The van der Waals surface area contributed by atoms with E-state index >= 15 is 0 Å². The molecule has 1 atom stereocenters. The van der Waals surface area contributed by atoms with E-state index in [4.69, 9.17) is 10.3 Å². The maximum Gasteiger partial charge on any atom is 0.148 e. The van der Waals surface area contributed by atoms with Gasteiger partial charge in [0.25, 0.3) is 0 Å². The van der Waals surface area contributed by atoms with Gasteiger partial charge >= 0.3 is 0 Å². The Balaban J connectivity index is 1.81. The van der Waals surface area contributed by atoms with E-state index in [9.17, 15) is 0 Å². The molecule has 4 heteroatoms. The van der Waals surface area contributed by atoms with Crippen molar-refractivity contribution < 1.29 is 4.42 Å². The van der Waals surface area contributed by atoms with Crippen molar-refractivity contribution in [3.63, 3.8) is 0 Å². The molecule has 1 saturated carbocycles. The molecule has 1 aliphatic carbocycles. The van der Waals surface area contributed by atoms with Crippen molar-refractivity contribution in [2.45, 2.75) is 44.6 Å². The molecular formula is C16H21BrN2O. The molecule has 3 rings (SSSR count). The fourth-order valence-electron chi connectivity index (χ4n) is 3.24. The molecule has 3 nitrogen and oxygen atoms in total. The van der Waals surface area contributed by atoms with Crippen LogP contribution >= 0.6 is 15.9 Å². The maximum atomic E-state index is 6.00. The predicted octanol–water partition coefficient (Wildman–Crippen LogP) is 4.67. The normalized spacial score (nSPS) is 18.5. The molecule has 108 valence electrons. The number of hydrogen-bond donors (Lipinski definition) is 2. The number of halogens is 1. The molecule has 1 heterocycles. The third kappa shape index (κ3) is 2.92. The smallest absolute Gasteiger partial charge is 0.148 e. The van der Waals surface area contributed by atoms with E-state index in [0.717, 1.165) is 33.5 Å². The highest BCUT2D eigenvalue weighted by molar-refractivity contribution is 9.10. The lowest BCUT2D eigenvalue weighted by atomic mass is 9.84. The number of furan rings is 1. The summed E-state index contributed by atoms with van der Waals surface area (Å²) in [6.45, 7) is 0. The quantitative estimate of drug-likeness (QED) is 0.630. The summed E-state index contributed by atoms with van der Waals surface area (Å²) in [7, 11) is 0. The molecule has 0 bridgehead atoms. The van der Waals surface area contributed by atoms with E-state index in [0.29, 0.717) is 0 Å². The van der Waals surface area contributed by atoms with Crippen molar-refractivity contribution >= 4 is 26.9 Å². The highest BCUT2D eigenvalue weighted by Gasteiger charge is 2.22. The molecule has 1 aromatic carbocycles. The molecule has 0 saturated heterocycles. The highest BCUT2D eigenvalue weighted by atomic mass is 79.9. The van der Waals surface area contributed by atoms with Gasteiger partial charge in [-0.25, -0.2) is 5.43 Å². The Morgan fingerprint density at radius 2 is 2.10 bits per heavy atom. The van der Waals surface area contributed by atoms with Crippen LogP contribution in [-0.4, -0.2) is 0 Å². The summed E-state index contributed by atoms with van der Waals surface area (Å²) in [5.41, 5.74) is 3.85. The van der Waals surface area contributed by atoms with E-state index in [1.165, 1.54) is 32.1 Å². The van der Waals surface area contributed by atoms with E-state index in [1.54, 1.807) is 0 Å². The predicted molar refractivity (Wildman–Crippen MR) is 85.2 cm³/mol. The first-order chi connectivity index (χ1) is 9.78. The summed E-state index contributed by atoms with van der Waals surface area (Å²) in [6, 6.07) is 8.31. The van der Waals surface area contributed by atoms with Crippen molar-refractivity contribution in [3.05, 3.63) is 34.5 Å². The van der Waals surface area contributed by atoms with Crippen molar-refractivity contribution in [2.24, 2.45) is 11.8 Å². The Kier molecular flexibility index (Phi) is 4.44. The Labute approximate surface area is 128 Å². The van der Waals surface area contributed by atoms with Gasteiger partial charge in [-0.05, 0) is 40.4 Å². The van der Waals surface area contributed by atoms with Crippen LogP contribution in [-0.2, 0) is 0 Å². The van der Waals surface area contributed by atoms with Gasteiger partial charge in [0.1, 0.15) is 11.3 Å². The monoisotopic (exact) mass is 336 g/mol. The summed E-state index contributed by atoms with van der Waals surface area (Å²) in [5.74, 6) is 7.47. The lowest BCUT2D eigenvalue weighted by Crippen LogP contribution is -2.29. The lowest BCUT2D eigenvalue weighted by Gasteiger charge is -2.25. The number of nitrogens with one attached hydrogen (secondary N) is 1. The van der Waals surface area contributed by atoms with Crippen LogP contribution in [0.2, 0.25) is 0 Å². The summed E-state index contributed by atoms with van der Waals surface area (Å²) < 4.78 is 7.00. The molecule has 1 aliphatic rings. The Morgan fingerprint density at radius 3 is 2.80 bits per heavy atom. The first-order valence-electron chi connectivity index (χ1n) is 7.42. The minimum absolute atomic E-state index is 0.109. The lowest BCUT2D eigenvalue weighted by molar-refractivity contribution is 0.284. The molecule has 1 unspecified atom stereocenters. The summed E-state index contributed by atoms with van der Waals surface area (Å²) in [5, 5.41) is 1.12. The van der Waals surface area contributed by atoms with Crippen LogP contribution in [0.25, 0.3) is 11.0 Å². The number of hydrogen-bond acceptors (Lipinski definition) is 3. The second kappa shape index (κ2) is 6.29. The minimum Gasteiger partial charge on any atom is -0.458 e. The fraction of sp³-hybridized carbons (Fsp3) is 0.500. The average molecular weight is 337 g/mol. The Hall–Kier alpha value is -0.840. The van der Waals surface area contributed by atoms with Gasteiger partial charge in [-0.2, -0.15) is 0 Å². The highest BCUT2D eigenvalue weighted by Crippen LogP contribution is 2.35. The molecule has 1 aromatic heterocycles. The van der Waals surface area contributed by atoms with Gasteiger partial charge in [-0.3, -0.25) is 5.84 Å². The van der Waals surface area contributed by atoms with Crippen molar-refractivity contribution in [1.29, 1.82) is 0 Å². The zero-order chi connectivity index (χ0) is 13.9. The van der Waals surface area contributed by atoms with E-state index < -0.39 is 0 Å². The molecule has 0 spiro atoms. The molecule has 3 N–H and O–H groups in total. The second-order valence-electron chi connectivity index (χ2n) is 5.77. The fourth-order valence-corrected chi connectivity index (χ4v) is 3.70. The third-order valence-corrected chi connectivity index (χ3v) is 4.98. The van der Waals surface area contributed by atoms with Gasteiger partial charge in [0.15, 0.2) is 0 Å². The molecule has 2 aromatic rings. The number of para-hydroxylation sites is 1. The van der Waals surface area contributed by atoms with Crippen molar-refractivity contribution in [1.82, 2.24) is 5.43 Å². The third-order valence-electron chi connectivity index (χ3n) is 4.35.